The van der Waals surface area contributed by atoms with Gasteiger partial charge < -0.3 is 0 Å². The number of rotatable bonds is 5. The summed E-state index contributed by atoms with van der Waals surface area (Å²) >= 11 is 0. The zero-order valence-electron chi connectivity index (χ0n) is 11.3. The average molecular weight is 279 g/mol. The molecule has 0 radical (unpaired) electrons. The van der Waals surface area contributed by atoms with E-state index in [1.807, 2.05) is 0 Å². The van der Waals surface area contributed by atoms with Crippen molar-refractivity contribution >= 4 is 11.9 Å². The molecule has 20 heavy (non-hydrogen) atoms. The van der Waals surface area contributed by atoms with Gasteiger partial charge in [0.1, 0.15) is 5.69 Å². The molecule has 1 saturated carbocycles. The maximum atomic E-state index is 12.2. The lowest BCUT2D eigenvalue weighted by Gasteiger charge is -2.17. The number of carbonyl (C=O) groups is 2. The Labute approximate surface area is 116 Å². The second-order valence-corrected chi connectivity index (χ2v) is 5.00. The minimum absolute atomic E-state index is 0.325. The van der Waals surface area contributed by atoms with Gasteiger partial charge in [0.2, 0.25) is 0 Å². The van der Waals surface area contributed by atoms with Gasteiger partial charge >= 0.3 is 6.03 Å². The standard InChI is InChI=1S/C12H17N5O3/c1-20-17-7-6-15(12(17)19)14-11(18)10-4-5-13-16(10)8-9-2-3-9/h4-5,9H,2-3,6-8H2,1H3,(H,14,18). The van der Waals surface area contributed by atoms with Gasteiger partial charge in [-0.15, -0.1) is 0 Å². The summed E-state index contributed by atoms with van der Waals surface area (Å²) in [7, 11) is 1.42. The van der Waals surface area contributed by atoms with Crippen molar-refractivity contribution in [3.63, 3.8) is 0 Å². The molecule has 1 aromatic heterocycles. The lowest BCUT2D eigenvalue weighted by molar-refractivity contribution is -0.0729. The Morgan fingerprint density at radius 2 is 2.30 bits per heavy atom. The number of hydrogen-bond acceptors (Lipinski definition) is 4. The number of carbonyl (C=O) groups excluding carboxylic acids is 2. The first-order valence-electron chi connectivity index (χ1n) is 6.65. The van der Waals surface area contributed by atoms with Crippen LogP contribution in [0.2, 0.25) is 0 Å². The summed E-state index contributed by atoms with van der Waals surface area (Å²) in [6, 6.07) is 1.29. The number of urea groups is 1. The van der Waals surface area contributed by atoms with E-state index >= 15 is 0 Å². The van der Waals surface area contributed by atoms with Crippen molar-refractivity contribution < 1.29 is 14.4 Å². The molecule has 1 N–H and O–H groups in total. The molecule has 2 heterocycles. The number of hydrazine groups is 1. The predicted molar refractivity (Wildman–Crippen MR) is 68.2 cm³/mol. The van der Waals surface area contributed by atoms with Gasteiger partial charge in [0.05, 0.1) is 20.2 Å². The Morgan fingerprint density at radius 1 is 1.50 bits per heavy atom. The van der Waals surface area contributed by atoms with Gasteiger partial charge in [-0.1, -0.05) is 0 Å². The Hall–Kier alpha value is -2.09. The molecule has 1 aromatic rings. The second kappa shape index (κ2) is 5.12. The number of amides is 3. The average Bonchev–Trinajstić information content (AvgIpc) is 3.01. The molecule has 2 aliphatic rings. The second-order valence-electron chi connectivity index (χ2n) is 5.00. The zero-order chi connectivity index (χ0) is 14.1. The third-order valence-electron chi connectivity index (χ3n) is 3.51. The van der Waals surface area contributed by atoms with Crippen molar-refractivity contribution in [2.24, 2.45) is 5.92 Å². The van der Waals surface area contributed by atoms with E-state index in [-0.39, 0.29) is 11.9 Å². The molecule has 1 aliphatic heterocycles. The maximum Gasteiger partial charge on any atom is 0.362 e. The Bertz CT molecular complexity index is 525. The molecule has 8 heteroatoms. The maximum absolute atomic E-state index is 12.2. The van der Waals surface area contributed by atoms with E-state index in [1.165, 1.54) is 30.0 Å². The van der Waals surface area contributed by atoms with E-state index in [0.29, 0.717) is 24.7 Å². The van der Waals surface area contributed by atoms with Crippen LogP contribution in [0.4, 0.5) is 4.79 Å². The first-order valence-corrected chi connectivity index (χ1v) is 6.65. The van der Waals surface area contributed by atoms with Crippen LogP contribution in [0.25, 0.3) is 0 Å². The lowest BCUT2D eigenvalue weighted by Crippen LogP contribution is -2.45. The molecule has 0 atom stereocenters. The monoisotopic (exact) mass is 279 g/mol. The molecule has 2 fully saturated rings. The van der Waals surface area contributed by atoms with Crippen LogP contribution in [0.15, 0.2) is 12.3 Å². The zero-order valence-corrected chi connectivity index (χ0v) is 11.3. The molecule has 8 nitrogen and oxygen atoms in total. The van der Waals surface area contributed by atoms with Crippen LogP contribution in [-0.4, -0.2) is 52.0 Å². The molecule has 0 bridgehead atoms. The summed E-state index contributed by atoms with van der Waals surface area (Å²) in [4.78, 5) is 28.9. The third kappa shape index (κ3) is 2.46. The van der Waals surface area contributed by atoms with Crippen molar-refractivity contribution in [3.8, 4) is 0 Å². The number of nitrogens with zero attached hydrogens (tertiary/aromatic N) is 4. The van der Waals surface area contributed by atoms with Gasteiger partial charge in [-0.3, -0.25) is 19.7 Å². The van der Waals surface area contributed by atoms with E-state index in [4.69, 9.17) is 4.84 Å². The predicted octanol–water partition coefficient (Wildman–Crippen LogP) is 0.237. The highest BCUT2D eigenvalue weighted by Crippen LogP contribution is 2.30. The van der Waals surface area contributed by atoms with E-state index in [0.717, 1.165) is 6.54 Å². The van der Waals surface area contributed by atoms with Gasteiger partial charge in [-0.25, -0.2) is 14.9 Å². The fourth-order valence-corrected chi connectivity index (χ4v) is 2.19. The molecule has 0 aromatic carbocycles. The largest absolute Gasteiger partial charge is 0.362 e. The SMILES string of the molecule is CON1CCN(NC(=O)c2ccnn2CC2CC2)C1=O. The van der Waals surface area contributed by atoms with E-state index in [1.54, 1.807) is 16.9 Å². The van der Waals surface area contributed by atoms with Gasteiger partial charge in [-0.05, 0) is 24.8 Å². The van der Waals surface area contributed by atoms with Crippen LogP contribution in [-0.2, 0) is 11.4 Å². The molecule has 3 amide bonds. The van der Waals surface area contributed by atoms with Crippen LogP contribution in [0.1, 0.15) is 23.3 Å². The van der Waals surface area contributed by atoms with Crippen LogP contribution in [0.3, 0.4) is 0 Å². The van der Waals surface area contributed by atoms with Crippen LogP contribution in [0.5, 0.6) is 0 Å². The number of aromatic nitrogens is 2. The first-order chi connectivity index (χ1) is 9.69. The van der Waals surface area contributed by atoms with Crippen LogP contribution in [0, 0.1) is 5.92 Å². The van der Waals surface area contributed by atoms with Crippen LogP contribution < -0.4 is 5.43 Å². The quantitative estimate of drug-likeness (QED) is 0.837. The van der Waals surface area contributed by atoms with Gasteiger partial charge in [-0.2, -0.15) is 5.10 Å². The summed E-state index contributed by atoms with van der Waals surface area (Å²) < 4.78 is 1.70. The number of hydroxylamine groups is 2. The molecule has 3 rings (SSSR count). The smallest absolute Gasteiger partial charge is 0.273 e. The third-order valence-corrected chi connectivity index (χ3v) is 3.51. The Kier molecular flexibility index (Phi) is 3.31. The highest BCUT2D eigenvalue weighted by atomic mass is 16.7. The van der Waals surface area contributed by atoms with Crippen molar-refractivity contribution in [2.45, 2.75) is 19.4 Å². The first kappa shape index (κ1) is 12.9. The van der Waals surface area contributed by atoms with Crippen molar-refractivity contribution in [1.82, 2.24) is 25.3 Å². The fourth-order valence-electron chi connectivity index (χ4n) is 2.19. The molecule has 1 saturated heterocycles. The Morgan fingerprint density at radius 3 is 2.95 bits per heavy atom. The fraction of sp³-hybridized carbons (Fsp3) is 0.583. The molecular formula is C12H17N5O3. The van der Waals surface area contributed by atoms with E-state index in [2.05, 4.69) is 10.5 Å². The van der Waals surface area contributed by atoms with Crippen LogP contribution >= 0.6 is 0 Å². The highest BCUT2D eigenvalue weighted by Gasteiger charge is 2.31. The topological polar surface area (TPSA) is 79.7 Å². The summed E-state index contributed by atoms with van der Waals surface area (Å²) in [5.41, 5.74) is 3.06. The lowest BCUT2D eigenvalue weighted by atomic mass is 10.3. The van der Waals surface area contributed by atoms with E-state index in [9.17, 15) is 9.59 Å². The summed E-state index contributed by atoms with van der Waals surface area (Å²) in [6.07, 6.45) is 3.98. The molecule has 0 spiro atoms. The molecular weight excluding hydrogens is 262 g/mol. The van der Waals surface area contributed by atoms with Gasteiger partial charge in [0.25, 0.3) is 5.91 Å². The Balaban J connectivity index is 1.64. The van der Waals surface area contributed by atoms with Crippen molar-refractivity contribution in [3.05, 3.63) is 18.0 Å². The van der Waals surface area contributed by atoms with Crippen molar-refractivity contribution in [2.75, 3.05) is 20.2 Å². The number of hydrogen-bond donors (Lipinski definition) is 1. The molecule has 1 aliphatic carbocycles. The minimum atomic E-state index is -0.367. The normalized spacial score (nSPS) is 18.8. The van der Waals surface area contributed by atoms with Gasteiger partial charge in [0.15, 0.2) is 0 Å². The van der Waals surface area contributed by atoms with E-state index < -0.39 is 0 Å². The molecule has 0 unspecified atom stereocenters. The summed E-state index contributed by atoms with van der Waals surface area (Å²) in [5, 5.41) is 6.61. The summed E-state index contributed by atoms with van der Waals surface area (Å²) in [6.45, 7) is 1.58. The molecule has 108 valence electrons. The highest BCUT2D eigenvalue weighted by molar-refractivity contribution is 5.93. The minimum Gasteiger partial charge on any atom is -0.273 e. The number of nitrogens with one attached hydrogen (secondary N) is 1. The van der Waals surface area contributed by atoms with Gasteiger partial charge in [0, 0.05) is 12.7 Å². The van der Waals surface area contributed by atoms with Crippen molar-refractivity contribution in [1.29, 1.82) is 0 Å². The summed E-state index contributed by atoms with van der Waals surface area (Å²) in [5.74, 6) is 0.299.